The van der Waals surface area contributed by atoms with Crippen LogP contribution in [-0.4, -0.2) is 6.10 Å². The Labute approximate surface area is 97.9 Å². The maximum absolute atomic E-state index is 12.9. The van der Waals surface area contributed by atoms with Crippen LogP contribution in [0.4, 0.5) is 13.2 Å². The van der Waals surface area contributed by atoms with E-state index in [1.54, 1.807) is 0 Å². The zero-order valence-electron chi connectivity index (χ0n) is 9.31. The Kier molecular flexibility index (Phi) is 3.52. The minimum absolute atomic E-state index is 0.0543. The Morgan fingerprint density at radius 1 is 1.24 bits per heavy atom. The predicted molar refractivity (Wildman–Crippen MR) is 57.9 cm³/mol. The van der Waals surface area contributed by atoms with Crippen molar-refractivity contribution in [2.75, 3.05) is 0 Å². The van der Waals surface area contributed by atoms with Crippen LogP contribution >= 0.6 is 0 Å². The van der Waals surface area contributed by atoms with Crippen molar-refractivity contribution in [3.8, 4) is 0 Å². The van der Waals surface area contributed by atoms with E-state index in [1.807, 2.05) is 0 Å². The van der Waals surface area contributed by atoms with Gasteiger partial charge in [-0.2, -0.15) is 0 Å². The number of benzene rings is 1. The number of hydrogen-bond donors (Lipinski definition) is 0. The van der Waals surface area contributed by atoms with E-state index >= 15 is 0 Å². The van der Waals surface area contributed by atoms with Crippen molar-refractivity contribution in [1.82, 2.24) is 0 Å². The second-order valence-electron chi connectivity index (χ2n) is 4.30. The highest BCUT2D eigenvalue weighted by molar-refractivity contribution is 5.18. The van der Waals surface area contributed by atoms with Crippen LogP contribution < -0.4 is 0 Å². The standard InChI is InChI=1S/C13H13F3O/c1-8-2-3-10(4-8)17-7-9-5-11(14)13(16)12(15)6-9/h5-6,10H,1-4,7H2. The van der Waals surface area contributed by atoms with Crippen molar-refractivity contribution in [1.29, 1.82) is 0 Å². The summed E-state index contributed by atoms with van der Waals surface area (Å²) in [5, 5.41) is 0. The van der Waals surface area contributed by atoms with E-state index in [0.717, 1.165) is 37.0 Å². The molecule has 1 nitrogen and oxygen atoms in total. The molecule has 0 N–H and O–H groups in total. The average molecular weight is 242 g/mol. The summed E-state index contributed by atoms with van der Waals surface area (Å²) in [7, 11) is 0. The first-order chi connectivity index (χ1) is 8.06. The zero-order valence-corrected chi connectivity index (χ0v) is 9.31. The van der Waals surface area contributed by atoms with Gasteiger partial charge in [0.2, 0.25) is 0 Å². The molecule has 17 heavy (non-hydrogen) atoms. The Morgan fingerprint density at radius 3 is 2.41 bits per heavy atom. The van der Waals surface area contributed by atoms with Crippen molar-refractivity contribution in [2.45, 2.75) is 32.0 Å². The fourth-order valence-electron chi connectivity index (χ4n) is 1.94. The maximum Gasteiger partial charge on any atom is 0.194 e. The smallest absolute Gasteiger partial charge is 0.194 e. The van der Waals surface area contributed by atoms with Gasteiger partial charge in [-0.25, -0.2) is 13.2 Å². The third-order valence-corrected chi connectivity index (χ3v) is 2.87. The lowest BCUT2D eigenvalue weighted by molar-refractivity contribution is 0.0472. The highest BCUT2D eigenvalue weighted by atomic mass is 19.2. The molecule has 4 heteroatoms. The van der Waals surface area contributed by atoms with E-state index in [4.69, 9.17) is 4.74 Å². The van der Waals surface area contributed by atoms with E-state index in [2.05, 4.69) is 6.58 Å². The van der Waals surface area contributed by atoms with Crippen LogP contribution in [0.3, 0.4) is 0 Å². The minimum atomic E-state index is -1.44. The Balaban J connectivity index is 1.97. The van der Waals surface area contributed by atoms with Gasteiger partial charge in [-0.1, -0.05) is 12.2 Å². The molecule has 92 valence electrons. The van der Waals surface area contributed by atoms with Crippen molar-refractivity contribution in [3.63, 3.8) is 0 Å². The van der Waals surface area contributed by atoms with Crippen LogP contribution in [-0.2, 0) is 11.3 Å². The third-order valence-electron chi connectivity index (χ3n) is 2.87. The number of ether oxygens (including phenoxy) is 1. The van der Waals surface area contributed by atoms with Crippen LogP contribution in [0.1, 0.15) is 24.8 Å². The second-order valence-corrected chi connectivity index (χ2v) is 4.30. The van der Waals surface area contributed by atoms with Crippen molar-refractivity contribution < 1.29 is 17.9 Å². The third kappa shape index (κ3) is 2.88. The van der Waals surface area contributed by atoms with E-state index in [9.17, 15) is 13.2 Å². The van der Waals surface area contributed by atoms with E-state index in [1.165, 1.54) is 0 Å². The van der Waals surface area contributed by atoms with Crippen molar-refractivity contribution >= 4 is 0 Å². The summed E-state index contributed by atoms with van der Waals surface area (Å²) < 4.78 is 44.0. The van der Waals surface area contributed by atoms with Crippen LogP contribution in [0.5, 0.6) is 0 Å². The number of halogens is 3. The van der Waals surface area contributed by atoms with Gasteiger partial charge < -0.3 is 4.74 Å². The van der Waals surface area contributed by atoms with E-state index < -0.39 is 17.5 Å². The molecule has 0 saturated heterocycles. The zero-order chi connectivity index (χ0) is 12.4. The largest absolute Gasteiger partial charge is 0.373 e. The first kappa shape index (κ1) is 12.2. The first-order valence-corrected chi connectivity index (χ1v) is 5.48. The number of rotatable bonds is 3. The Hall–Kier alpha value is -1.29. The highest BCUT2D eigenvalue weighted by Crippen LogP contribution is 2.26. The fraction of sp³-hybridized carbons (Fsp3) is 0.385. The summed E-state index contributed by atoms with van der Waals surface area (Å²) in [5.74, 6) is -3.80. The molecule has 1 aromatic carbocycles. The Bertz CT molecular complexity index is 419. The summed E-state index contributed by atoms with van der Waals surface area (Å²) in [4.78, 5) is 0. The van der Waals surface area contributed by atoms with Gasteiger partial charge in [0.05, 0.1) is 12.7 Å². The van der Waals surface area contributed by atoms with Crippen LogP contribution in [0.15, 0.2) is 24.3 Å². The Morgan fingerprint density at radius 2 is 1.88 bits per heavy atom. The lowest BCUT2D eigenvalue weighted by Crippen LogP contribution is -2.08. The molecule has 0 spiro atoms. The van der Waals surface area contributed by atoms with Crippen LogP contribution in [0, 0.1) is 17.5 Å². The van der Waals surface area contributed by atoms with Crippen molar-refractivity contribution in [3.05, 3.63) is 47.3 Å². The molecule has 0 bridgehead atoms. The number of hydrogen-bond acceptors (Lipinski definition) is 1. The average Bonchev–Trinajstić information content (AvgIpc) is 2.69. The summed E-state index contributed by atoms with van der Waals surface area (Å²) in [6.45, 7) is 3.94. The van der Waals surface area contributed by atoms with Gasteiger partial charge in [0.1, 0.15) is 0 Å². The normalized spacial score (nSPS) is 19.9. The molecule has 0 aromatic heterocycles. The summed E-state index contributed by atoms with van der Waals surface area (Å²) in [6.07, 6.45) is 2.65. The van der Waals surface area contributed by atoms with E-state index in [-0.39, 0.29) is 12.7 Å². The predicted octanol–water partition coefficient (Wildman–Crippen LogP) is 3.73. The molecular weight excluding hydrogens is 229 g/mol. The molecule has 1 aliphatic rings. The molecule has 0 heterocycles. The minimum Gasteiger partial charge on any atom is -0.373 e. The van der Waals surface area contributed by atoms with Gasteiger partial charge in [0.15, 0.2) is 17.5 Å². The van der Waals surface area contributed by atoms with Gasteiger partial charge in [-0.15, -0.1) is 0 Å². The van der Waals surface area contributed by atoms with E-state index in [0.29, 0.717) is 5.56 Å². The SMILES string of the molecule is C=C1CCC(OCc2cc(F)c(F)c(F)c2)C1. The van der Waals surface area contributed by atoms with Gasteiger partial charge in [0.25, 0.3) is 0 Å². The van der Waals surface area contributed by atoms with Gasteiger partial charge in [-0.05, 0) is 37.0 Å². The summed E-state index contributed by atoms with van der Waals surface area (Å²) in [5.41, 5.74) is 1.44. The summed E-state index contributed by atoms with van der Waals surface area (Å²) >= 11 is 0. The van der Waals surface area contributed by atoms with Gasteiger partial charge >= 0.3 is 0 Å². The molecule has 1 aromatic rings. The topological polar surface area (TPSA) is 9.23 Å². The lowest BCUT2D eigenvalue weighted by atomic mass is 10.2. The molecule has 0 radical (unpaired) electrons. The van der Waals surface area contributed by atoms with Crippen molar-refractivity contribution in [2.24, 2.45) is 0 Å². The summed E-state index contributed by atoms with van der Waals surface area (Å²) in [6, 6.07) is 1.92. The van der Waals surface area contributed by atoms with Crippen LogP contribution in [0.25, 0.3) is 0 Å². The van der Waals surface area contributed by atoms with Crippen LogP contribution in [0.2, 0.25) is 0 Å². The quantitative estimate of drug-likeness (QED) is 0.579. The molecule has 0 aliphatic heterocycles. The molecular formula is C13H13F3O. The lowest BCUT2D eigenvalue weighted by Gasteiger charge is -2.11. The molecule has 0 amide bonds. The van der Waals surface area contributed by atoms with Gasteiger partial charge in [-0.3, -0.25) is 0 Å². The van der Waals surface area contributed by atoms with Gasteiger partial charge in [0, 0.05) is 0 Å². The fourth-order valence-corrected chi connectivity index (χ4v) is 1.94. The molecule has 1 unspecified atom stereocenters. The second kappa shape index (κ2) is 4.92. The molecule has 1 fully saturated rings. The first-order valence-electron chi connectivity index (χ1n) is 5.48. The molecule has 2 rings (SSSR count). The monoisotopic (exact) mass is 242 g/mol. The molecule has 1 aliphatic carbocycles. The maximum atomic E-state index is 12.9. The highest BCUT2D eigenvalue weighted by Gasteiger charge is 2.19. The molecule has 1 atom stereocenters. The molecule has 1 saturated carbocycles.